The molecule has 2 amide bonds. The molecular formula is C22H30N4O5S. The molecule has 2 N–H and O–H groups in total. The summed E-state index contributed by atoms with van der Waals surface area (Å²) in [7, 11) is -3.24. The highest BCUT2D eigenvalue weighted by Gasteiger charge is 2.38. The van der Waals surface area contributed by atoms with Crippen LogP contribution >= 0.6 is 0 Å². The predicted molar refractivity (Wildman–Crippen MR) is 117 cm³/mol. The summed E-state index contributed by atoms with van der Waals surface area (Å²) in [4.78, 5) is 28.8. The van der Waals surface area contributed by atoms with E-state index in [9.17, 15) is 18.0 Å². The number of benzene rings is 1. The molecule has 1 heterocycles. The van der Waals surface area contributed by atoms with Gasteiger partial charge in [-0.2, -0.15) is 4.98 Å². The second-order valence-corrected chi connectivity index (χ2v) is 10.4. The molecule has 1 saturated carbocycles. The predicted octanol–water partition coefficient (Wildman–Crippen LogP) is 2.41. The number of aryl methyl sites for hydroxylation is 1. The third-order valence-electron chi connectivity index (χ3n) is 5.68. The molecule has 2 aromatic rings. The fraction of sp³-hybridized carbons (Fsp3) is 0.545. The maximum atomic E-state index is 12.2. The molecule has 0 aliphatic heterocycles. The Labute approximate surface area is 188 Å². The van der Waals surface area contributed by atoms with Crippen LogP contribution in [0.3, 0.4) is 0 Å². The Bertz CT molecular complexity index is 1040. The van der Waals surface area contributed by atoms with E-state index in [1.165, 1.54) is 19.1 Å². The topological polar surface area (TPSA) is 131 Å². The Morgan fingerprint density at radius 2 is 1.75 bits per heavy atom. The monoisotopic (exact) mass is 462 g/mol. The van der Waals surface area contributed by atoms with Gasteiger partial charge in [-0.15, -0.1) is 0 Å². The average molecular weight is 463 g/mol. The number of aromatic nitrogens is 2. The number of nitrogens with one attached hydrogen (secondary N) is 2. The van der Waals surface area contributed by atoms with E-state index in [-0.39, 0.29) is 23.1 Å². The van der Waals surface area contributed by atoms with Gasteiger partial charge in [0.05, 0.1) is 4.90 Å². The van der Waals surface area contributed by atoms with Crippen molar-refractivity contribution in [3.63, 3.8) is 0 Å². The summed E-state index contributed by atoms with van der Waals surface area (Å²) in [5.41, 5.74) is 0.196. The van der Waals surface area contributed by atoms with Crippen molar-refractivity contribution in [2.45, 2.75) is 75.3 Å². The van der Waals surface area contributed by atoms with Gasteiger partial charge in [0.2, 0.25) is 17.7 Å². The van der Waals surface area contributed by atoms with Crippen LogP contribution in [0.15, 0.2) is 33.7 Å². The number of hydrogen-bond donors (Lipinski definition) is 2. The zero-order valence-electron chi connectivity index (χ0n) is 18.5. The molecule has 1 aliphatic rings. The lowest BCUT2D eigenvalue weighted by Crippen LogP contribution is -2.45. The molecule has 9 nitrogen and oxygen atoms in total. The fourth-order valence-electron chi connectivity index (χ4n) is 3.99. The highest BCUT2D eigenvalue weighted by atomic mass is 32.2. The Morgan fingerprint density at radius 1 is 1.09 bits per heavy atom. The molecule has 0 spiro atoms. The molecule has 1 fully saturated rings. The number of nitrogens with zero attached hydrogens (tertiary/aromatic N) is 2. The maximum absolute atomic E-state index is 12.2. The molecule has 0 bridgehead atoms. The molecular weight excluding hydrogens is 432 g/mol. The highest BCUT2D eigenvalue weighted by Crippen LogP contribution is 2.34. The molecule has 1 aliphatic carbocycles. The van der Waals surface area contributed by atoms with E-state index in [0.29, 0.717) is 24.7 Å². The standard InChI is InChI=1S/C22H30N4O5S/c1-16(27)25-22(13-5-3-4-6-14-22)21-24-20(31-26-21)12-11-19(28)23-15-17-7-9-18(10-8-17)32(2,29)30/h7-10H,3-6,11-15H2,1-2H3,(H,23,28)(H,25,27). The van der Waals surface area contributed by atoms with Crippen molar-refractivity contribution in [1.82, 2.24) is 20.8 Å². The molecule has 1 aromatic carbocycles. The van der Waals surface area contributed by atoms with Gasteiger partial charge in [-0.3, -0.25) is 9.59 Å². The van der Waals surface area contributed by atoms with Crippen LogP contribution in [-0.2, 0) is 37.9 Å². The van der Waals surface area contributed by atoms with Crippen molar-refractivity contribution in [1.29, 1.82) is 0 Å². The molecule has 32 heavy (non-hydrogen) atoms. The number of carbonyl (C=O) groups excluding carboxylic acids is 2. The largest absolute Gasteiger partial charge is 0.352 e. The van der Waals surface area contributed by atoms with E-state index in [1.54, 1.807) is 12.1 Å². The Morgan fingerprint density at radius 3 is 2.34 bits per heavy atom. The lowest BCUT2D eigenvalue weighted by atomic mass is 9.89. The van der Waals surface area contributed by atoms with E-state index in [1.807, 2.05) is 0 Å². The van der Waals surface area contributed by atoms with Crippen molar-refractivity contribution in [2.24, 2.45) is 0 Å². The van der Waals surface area contributed by atoms with Gasteiger partial charge in [-0.05, 0) is 30.5 Å². The molecule has 0 saturated heterocycles. The lowest BCUT2D eigenvalue weighted by Gasteiger charge is -2.30. The summed E-state index contributed by atoms with van der Waals surface area (Å²) in [5.74, 6) is 0.544. The van der Waals surface area contributed by atoms with Crippen molar-refractivity contribution in [2.75, 3.05) is 6.26 Å². The van der Waals surface area contributed by atoms with E-state index in [0.717, 1.165) is 50.3 Å². The van der Waals surface area contributed by atoms with E-state index < -0.39 is 15.4 Å². The second kappa shape index (κ2) is 10.2. The van der Waals surface area contributed by atoms with Crippen LogP contribution in [0.4, 0.5) is 0 Å². The van der Waals surface area contributed by atoms with Crippen LogP contribution < -0.4 is 10.6 Å². The van der Waals surface area contributed by atoms with Crippen LogP contribution in [0.5, 0.6) is 0 Å². The first kappa shape index (κ1) is 23.9. The van der Waals surface area contributed by atoms with Crippen molar-refractivity contribution >= 4 is 21.7 Å². The fourth-order valence-corrected chi connectivity index (χ4v) is 4.62. The number of rotatable bonds is 8. The van der Waals surface area contributed by atoms with Crippen molar-refractivity contribution in [3.8, 4) is 0 Å². The first-order chi connectivity index (χ1) is 15.2. The summed E-state index contributed by atoms with van der Waals surface area (Å²) in [6, 6.07) is 6.40. The lowest BCUT2D eigenvalue weighted by molar-refractivity contribution is -0.122. The van der Waals surface area contributed by atoms with Gasteiger partial charge in [0.25, 0.3) is 0 Å². The zero-order valence-corrected chi connectivity index (χ0v) is 19.3. The van der Waals surface area contributed by atoms with Crippen LogP contribution in [0.2, 0.25) is 0 Å². The molecule has 0 atom stereocenters. The van der Waals surface area contributed by atoms with Gasteiger partial charge >= 0.3 is 0 Å². The van der Waals surface area contributed by atoms with Gasteiger partial charge in [0.1, 0.15) is 5.54 Å². The first-order valence-corrected chi connectivity index (χ1v) is 12.7. The van der Waals surface area contributed by atoms with Gasteiger partial charge < -0.3 is 15.2 Å². The molecule has 1 aromatic heterocycles. The maximum Gasteiger partial charge on any atom is 0.227 e. The van der Waals surface area contributed by atoms with E-state index in [4.69, 9.17) is 4.52 Å². The van der Waals surface area contributed by atoms with Crippen LogP contribution in [0, 0.1) is 0 Å². The first-order valence-electron chi connectivity index (χ1n) is 10.9. The molecule has 3 rings (SSSR count). The Kier molecular flexibility index (Phi) is 7.65. The highest BCUT2D eigenvalue weighted by molar-refractivity contribution is 7.90. The van der Waals surface area contributed by atoms with Crippen LogP contribution in [0.1, 0.15) is 69.1 Å². The molecule has 0 radical (unpaired) electrons. The Hall–Kier alpha value is -2.75. The minimum absolute atomic E-state index is 0.123. The minimum atomic E-state index is -3.24. The molecule has 174 valence electrons. The summed E-state index contributed by atoms with van der Waals surface area (Å²) in [5, 5.41) is 9.97. The smallest absolute Gasteiger partial charge is 0.227 e. The summed E-state index contributed by atoms with van der Waals surface area (Å²) in [6.45, 7) is 1.79. The summed E-state index contributed by atoms with van der Waals surface area (Å²) in [6.07, 6.45) is 7.36. The van der Waals surface area contributed by atoms with Crippen molar-refractivity contribution < 1.29 is 22.5 Å². The number of sulfone groups is 1. The van der Waals surface area contributed by atoms with Crippen molar-refractivity contribution in [3.05, 3.63) is 41.5 Å². The van der Waals surface area contributed by atoms with Gasteiger partial charge in [-0.1, -0.05) is 43.0 Å². The third kappa shape index (κ3) is 6.38. The minimum Gasteiger partial charge on any atom is -0.352 e. The van der Waals surface area contributed by atoms with Gasteiger partial charge in [0.15, 0.2) is 15.7 Å². The second-order valence-electron chi connectivity index (χ2n) is 8.38. The van der Waals surface area contributed by atoms with E-state index in [2.05, 4.69) is 20.8 Å². The van der Waals surface area contributed by atoms with Gasteiger partial charge in [0, 0.05) is 32.6 Å². The summed E-state index contributed by atoms with van der Waals surface area (Å²) >= 11 is 0. The Balaban J connectivity index is 1.54. The number of carbonyl (C=O) groups is 2. The summed E-state index contributed by atoms with van der Waals surface area (Å²) < 4.78 is 28.4. The van der Waals surface area contributed by atoms with Crippen LogP contribution in [-0.4, -0.2) is 36.6 Å². The number of amides is 2. The third-order valence-corrected chi connectivity index (χ3v) is 6.80. The SMILES string of the molecule is CC(=O)NC1(c2noc(CCC(=O)NCc3ccc(S(C)(=O)=O)cc3)n2)CCCCCC1. The van der Waals surface area contributed by atoms with Gasteiger partial charge in [-0.25, -0.2) is 8.42 Å². The average Bonchev–Trinajstić information content (AvgIpc) is 3.10. The zero-order chi connectivity index (χ0) is 23.2. The van der Waals surface area contributed by atoms with E-state index >= 15 is 0 Å². The van der Waals surface area contributed by atoms with Crippen LogP contribution in [0.25, 0.3) is 0 Å². The molecule has 0 unspecified atom stereocenters. The quantitative estimate of drug-likeness (QED) is 0.576. The normalized spacial score (nSPS) is 16.2. The molecule has 10 heteroatoms. The number of hydrogen-bond acceptors (Lipinski definition) is 7.